The third-order valence-electron chi connectivity index (χ3n) is 1.63. The van der Waals surface area contributed by atoms with Crippen molar-refractivity contribution < 1.29 is 0 Å². The quantitative estimate of drug-likeness (QED) is 0.731. The van der Waals surface area contributed by atoms with Gasteiger partial charge in [0, 0.05) is 4.47 Å². The van der Waals surface area contributed by atoms with Crippen molar-refractivity contribution in [3.8, 4) is 0 Å². The average Bonchev–Trinajstić information content (AvgIpc) is 1.96. The van der Waals surface area contributed by atoms with Crippen molar-refractivity contribution in [1.82, 2.24) is 0 Å². The van der Waals surface area contributed by atoms with Crippen molar-refractivity contribution in [3.05, 3.63) is 33.3 Å². The second kappa shape index (κ2) is 4.29. The number of benzene rings is 1. The summed E-state index contributed by atoms with van der Waals surface area (Å²) in [7, 11) is 0. The number of hydrogen-bond acceptors (Lipinski definition) is 0. The normalized spacial score (nSPS) is 10.8. The molecule has 0 aliphatic heterocycles. The number of rotatable bonds is 2. The SMILES string of the molecule is CC(C)Cc1ccc(Cl)c(Br)c1. The maximum Gasteiger partial charge on any atom is 0.0548 e. The van der Waals surface area contributed by atoms with Gasteiger partial charge in [0.15, 0.2) is 0 Å². The lowest BCUT2D eigenvalue weighted by molar-refractivity contribution is 0.647. The van der Waals surface area contributed by atoms with Crippen molar-refractivity contribution in [1.29, 1.82) is 0 Å². The highest BCUT2D eigenvalue weighted by atomic mass is 79.9. The maximum atomic E-state index is 5.87. The van der Waals surface area contributed by atoms with Crippen LogP contribution in [0, 0.1) is 5.92 Å². The van der Waals surface area contributed by atoms with E-state index in [-0.39, 0.29) is 0 Å². The van der Waals surface area contributed by atoms with Gasteiger partial charge in [0.25, 0.3) is 0 Å². The highest BCUT2D eigenvalue weighted by Gasteiger charge is 2.00. The van der Waals surface area contributed by atoms with E-state index in [2.05, 4.69) is 41.9 Å². The lowest BCUT2D eigenvalue weighted by atomic mass is 10.0. The zero-order valence-electron chi connectivity index (χ0n) is 7.27. The van der Waals surface area contributed by atoms with Crippen LogP contribution in [0.4, 0.5) is 0 Å². The zero-order valence-corrected chi connectivity index (χ0v) is 9.61. The Morgan fingerprint density at radius 3 is 2.58 bits per heavy atom. The molecule has 66 valence electrons. The molecular weight excluding hydrogens is 235 g/mol. The van der Waals surface area contributed by atoms with Gasteiger partial charge in [0.2, 0.25) is 0 Å². The number of halogens is 2. The molecule has 0 radical (unpaired) electrons. The molecule has 0 bridgehead atoms. The third kappa shape index (κ3) is 2.80. The maximum absolute atomic E-state index is 5.87. The first-order chi connectivity index (χ1) is 5.59. The summed E-state index contributed by atoms with van der Waals surface area (Å²) in [4.78, 5) is 0. The summed E-state index contributed by atoms with van der Waals surface area (Å²) >= 11 is 9.27. The Bertz CT molecular complexity index is 269. The minimum absolute atomic E-state index is 0.693. The summed E-state index contributed by atoms with van der Waals surface area (Å²) in [6, 6.07) is 6.10. The van der Waals surface area contributed by atoms with Gasteiger partial charge >= 0.3 is 0 Å². The van der Waals surface area contributed by atoms with Crippen LogP contribution >= 0.6 is 27.5 Å². The van der Waals surface area contributed by atoms with Crippen LogP contribution in [0.2, 0.25) is 5.02 Å². The molecule has 1 rings (SSSR count). The highest BCUT2D eigenvalue weighted by Crippen LogP contribution is 2.24. The molecule has 0 aliphatic carbocycles. The second-order valence-electron chi connectivity index (χ2n) is 3.35. The van der Waals surface area contributed by atoms with Gasteiger partial charge < -0.3 is 0 Å². The van der Waals surface area contributed by atoms with E-state index in [9.17, 15) is 0 Å². The van der Waals surface area contributed by atoms with Gasteiger partial charge in [-0.3, -0.25) is 0 Å². The molecule has 12 heavy (non-hydrogen) atoms. The van der Waals surface area contributed by atoms with Crippen LogP contribution in [-0.2, 0) is 6.42 Å². The third-order valence-corrected chi connectivity index (χ3v) is 2.84. The van der Waals surface area contributed by atoms with Gasteiger partial charge in [0.05, 0.1) is 5.02 Å². The largest absolute Gasteiger partial charge is 0.0831 e. The van der Waals surface area contributed by atoms with E-state index < -0.39 is 0 Å². The summed E-state index contributed by atoms with van der Waals surface area (Å²) in [5.74, 6) is 0.693. The molecule has 0 aromatic heterocycles. The summed E-state index contributed by atoms with van der Waals surface area (Å²) in [6.07, 6.45) is 1.11. The molecule has 0 nitrogen and oxygen atoms in total. The summed E-state index contributed by atoms with van der Waals surface area (Å²) in [5.41, 5.74) is 1.33. The van der Waals surface area contributed by atoms with Crippen LogP contribution in [0.25, 0.3) is 0 Å². The van der Waals surface area contributed by atoms with Gasteiger partial charge in [-0.05, 0) is 46.0 Å². The molecule has 2 heteroatoms. The van der Waals surface area contributed by atoms with Crippen molar-refractivity contribution in [2.75, 3.05) is 0 Å². The Labute approximate surface area is 87.1 Å². The van der Waals surface area contributed by atoms with Crippen molar-refractivity contribution >= 4 is 27.5 Å². The topological polar surface area (TPSA) is 0 Å². The van der Waals surface area contributed by atoms with Crippen LogP contribution in [0.15, 0.2) is 22.7 Å². The van der Waals surface area contributed by atoms with E-state index in [0.29, 0.717) is 5.92 Å². The predicted molar refractivity (Wildman–Crippen MR) is 57.7 cm³/mol. The van der Waals surface area contributed by atoms with E-state index in [0.717, 1.165) is 15.9 Å². The van der Waals surface area contributed by atoms with Crippen molar-refractivity contribution in [3.63, 3.8) is 0 Å². The van der Waals surface area contributed by atoms with Crippen LogP contribution in [0.3, 0.4) is 0 Å². The van der Waals surface area contributed by atoms with Crippen molar-refractivity contribution in [2.45, 2.75) is 20.3 Å². The van der Waals surface area contributed by atoms with Crippen LogP contribution < -0.4 is 0 Å². The summed E-state index contributed by atoms with van der Waals surface area (Å²) in [5, 5.41) is 0.780. The molecule has 0 unspecified atom stereocenters. The van der Waals surface area contributed by atoms with Crippen molar-refractivity contribution in [2.24, 2.45) is 5.92 Å². The van der Waals surface area contributed by atoms with Crippen LogP contribution in [-0.4, -0.2) is 0 Å². The smallest absolute Gasteiger partial charge is 0.0548 e. The highest BCUT2D eigenvalue weighted by molar-refractivity contribution is 9.10. The minimum Gasteiger partial charge on any atom is -0.0831 e. The molecule has 0 saturated heterocycles. The van der Waals surface area contributed by atoms with E-state index in [1.165, 1.54) is 5.56 Å². The molecule has 0 spiro atoms. The fourth-order valence-corrected chi connectivity index (χ4v) is 1.68. The first-order valence-electron chi connectivity index (χ1n) is 4.03. The lowest BCUT2D eigenvalue weighted by Gasteiger charge is -2.05. The average molecular weight is 248 g/mol. The number of hydrogen-bond donors (Lipinski definition) is 0. The first kappa shape index (κ1) is 10.1. The first-order valence-corrected chi connectivity index (χ1v) is 5.20. The fraction of sp³-hybridized carbons (Fsp3) is 0.400. The van der Waals surface area contributed by atoms with Gasteiger partial charge in [-0.15, -0.1) is 0 Å². The molecule has 0 aliphatic rings. The fourth-order valence-electron chi connectivity index (χ4n) is 1.14. The Morgan fingerprint density at radius 2 is 2.08 bits per heavy atom. The molecular formula is C10H12BrCl. The van der Waals surface area contributed by atoms with E-state index in [1.807, 2.05) is 6.07 Å². The Kier molecular flexibility index (Phi) is 3.60. The minimum atomic E-state index is 0.693. The van der Waals surface area contributed by atoms with E-state index in [1.54, 1.807) is 0 Å². The molecule has 0 fully saturated rings. The van der Waals surface area contributed by atoms with Crippen LogP contribution in [0.5, 0.6) is 0 Å². The molecule has 0 amide bonds. The molecule has 0 saturated carbocycles. The summed E-state index contributed by atoms with van der Waals surface area (Å²) < 4.78 is 0.988. The van der Waals surface area contributed by atoms with Crippen LogP contribution in [0.1, 0.15) is 19.4 Å². The van der Waals surface area contributed by atoms with Gasteiger partial charge in [-0.2, -0.15) is 0 Å². The predicted octanol–water partition coefficient (Wildman–Crippen LogP) is 4.30. The molecule has 1 aromatic carbocycles. The van der Waals surface area contributed by atoms with Gasteiger partial charge in [-0.1, -0.05) is 31.5 Å². The van der Waals surface area contributed by atoms with E-state index >= 15 is 0 Å². The molecule has 0 atom stereocenters. The zero-order chi connectivity index (χ0) is 9.14. The Morgan fingerprint density at radius 1 is 1.42 bits per heavy atom. The van der Waals surface area contributed by atoms with E-state index in [4.69, 9.17) is 11.6 Å². The lowest BCUT2D eigenvalue weighted by Crippen LogP contribution is -1.93. The standard InChI is InChI=1S/C10H12BrCl/c1-7(2)5-8-3-4-10(12)9(11)6-8/h3-4,6-7H,5H2,1-2H3. The monoisotopic (exact) mass is 246 g/mol. The second-order valence-corrected chi connectivity index (χ2v) is 4.61. The summed E-state index contributed by atoms with van der Waals surface area (Å²) in [6.45, 7) is 4.42. The Balaban J connectivity index is 2.82. The Hall–Kier alpha value is -0.0100. The molecule has 1 aromatic rings. The molecule has 0 heterocycles. The molecule has 0 N–H and O–H groups in total. The van der Waals surface area contributed by atoms with Gasteiger partial charge in [-0.25, -0.2) is 0 Å². The van der Waals surface area contributed by atoms with Gasteiger partial charge in [0.1, 0.15) is 0 Å².